The largest absolute Gasteiger partial charge is 0.480 e. The van der Waals surface area contributed by atoms with Crippen LogP contribution in [0.25, 0.3) is 0 Å². The van der Waals surface area contributed by atoms with Gasteiger partial charge >= 0.3 is 5.97 Å². The van der Waals surface area contributed by atoms with Crippen LogP contribution in [0.3, 0.4) is 0 Å². The summed E-state index contributed by atoms with van der Waals surface area (Å²) in [4.78, 5) is 23.3. The van der Waals surface area contributed by atoms with Crippen LogP contribution in [0.2, 0.25) is 0 Å². The minimum atomic E-state index is -0.940. The molecule has 0 radical (unpaired) electrons. The molecule has 0 heterocycles. The Morgan fingerprint density at radius 1 is 1.50 bits per heavy atom. The van der Waals surface area contributed by atoms with Crippen LogP contribution in [-0.2, 0) is 9.59 Å². The third-order valence-corrected chi connectivity index (χ3v) is 3.78. The van der Waals surface area contributed by atoms with Crippen molar-refractivity contribution in [2.24, 2.45) is 5.41 Å². The van der Waals surface area contributed by atoms with Gasteiger partial charge in [0.25, 0.3) is 0 Å². The maximum absolute atomic E-state index is 12.2. The molecule has 0 bridgehead atoms. The first kappa shape index (κ1) is 14.7. The predicted octanol–water partition coefficient (Wildman–Crippen LogP) is 2.49. The van der Waals surface area contributed by atoms with Gasteiger partial charge in [-0.05, 0) is 25.7 Å². The van der Waals surface area contributed by atoms with Crippen molar-refractivity contribution < 1.29 is 14.7 Å². The van der Waals surface area contributed by atoms with Crippen LogP contribution >= 0.6 is 0 Å². The number of carbonyl (C=O) groups excluding carboxylic acids is 1. The highest BCUT2D eigenvalue weighted by Gasteiger charge is 2.43. The summed E-state index contributed by atoms with van der Waals surface area (Å²) in [6, 6.07) is -0.750. The minimum absolute atomic E-state index is 0.114. The van der Waals surface area contributed by atoms with Crippen molar-refractivity contribution in [1.82, 2.24) is 5.32 Å². The number of hydrogen-bond donors (Lipinski definition) is 2. The van der Waals surface area contributed by atoms with Crippen molar-refractivity contribution in [1.29, 1.82) is 0 Å². The van der Waals surface area contributed by atoms with Crippen molar-refractivity contribution in [3.8, 4) is 0 Å². The molecule has 0 saturated heterocycles. The van der Waals surface area contributed by atoms with Crippen molar-refractivity contribution >= 4 is 11.9 Å². The molecule has 4 nitrogen and oxygen atoms in total. The number of unbranched alkanes of at least 4 members (excludes halogenated alkanes) is 1. The Morgan fingerprint density at radius 3 is 2.56 bits per heavy atom. The van der Waals surface area contributed by atoms with Gasteiger partial charge in [-0.15, -0.1) is 6.58 Å². The van der Waals surface area contributed by atoms with E-state index in [4.69, 9.17) is 5.11 Å². The van der Waals surface area contributed by atoms with E-state index in [-0.39, 0.29) is 11.3 Å². The molecule has 1 aliphatic rings. The summed E-state index contributed by atoms with van der Waals surface area (Å²) in [5, 5.41) is 11.8. The first-order valence-corrected chi connectivity index (χ1v) is 6.70. The quantitative estimate of drug-likeness (QED) is 0.653. The summed E-state index contributed by atoms with van der Waals surface area (Å²) >= 11 is 0. The number of hydrogen-bond acceptors (Lipinski definition) is 2. The fourth-order valence-electron chi connectivity index (χ4n) is 2.38. The zero-order valence-corrected chi connectivity index (χ0v) is 11.1. The van der Waals surface area contributed by atoms with E-state index < -0.39 is 12.0 Å². The first-order valence-electron chi connectivity index (χ1n) is 6.70. The highest BCUT2D eigenvalue weighted by atomic mass is 16.4. The van der Waals surface area contributed by atoms with Crippen LogP contribution in [0.1, 0.15) is 51.9 Å². The van der Waals surface area contributed by atoms with Gasteiger partial charge in [0, 0.05) is 0 Å². The zero-order chi connectivity index (χ0) is 13.6. The zero-order valence-electron chi connectivity index (χ0n) is 11.1. The highest BCUT2D eigenvalue weighted by molar-refractivity contribution is 5.88. The molecule has 1 amide bonds. The Kier molecular flexibility index (Phi) is 5.38. The average Bonchev–Trinajstić information content (AvgIpc) is 2.28. The second kappa shape index (κ2) is 6.57. The number of carbonyl (C=O) groups is 2. The van der Waals surface area contributed by atoms with Gasteiger partial charge in [0.1, 0.15) is 6.04 Å². The molecule has 18 heavy (non-hydrogen) atoms. The molecule has 1 saturated carbocycles. The first-order chi connectivity index (χ1) is 8.55. The standard InChI is InChI=1S/C14H23NO3/c1-3-5-7-11(12(16)17)15-13(18)14(8-4-2)9-6-10-14/h4,11H,2-3,5-10H2,1H3,(H,15,18)(H,16,17). The van der Waals surface area contributed by atoms with E-state index in [2.05, 4.69) is 11.9 Å². The molecule has 2 N–H and O–H groups in total. The lowest BCUT2D eigenvalue weighted by Gasteiger charge is -2.40. The van der Waals surface area contributed by atoms with Gasteiger partial charge in [-0.1, -0.05) is 32.3 Å². The maximum atomic E-state index is 12.2. The smallest absolute Gasteiger partial charge is 0.326 e. The lowest BCUT2D eigenvalue weighted by atomic mass is 9.66. The van der Waals surface area contributed by atoms with Crippen LogP contribution in [0.5, 0.6) is 0 Å². The van der Waals surface area contributed by atoms with E-state index in [1.165, 1.54) is 0 Å². The molecule has 0 aromatic carbocycles. The third-order valence-electron chi connectivity index (χ3n) is 3.78. The average molecular weight is 253 g/mol. The topological polar surface area (TPSA) is 66.4 Å². The third kappa shape index (κ3) is 3.34. The van der Waals surface area contributed by atoms with Crippen molar-refractivity contribution in [3.05, 3.63) is 12.7 Å². The van der Waals surface area contributed by atoms with Crippen LogP contribution in [0, 0.1) is 5.41 Å². The van der Waals surface area contributed by atoms with Crippen LogP contribution in [0.4, 0.5) is 0 Å². The van der Waals surface area contributed by atoms with E-state index >= 15 is 0 Å². The number of aliphatic carboxylic acids is 1. The van der Waals surface area contributed by atoms with E-state index in [0.29, 0.717) is 12.8 Å². The molecule has 1 aliphatic carbocycles. The second-order valence-corrected chi connectivity index (χ2v) is 5.13. The second-order valence-electron chi connectivity index (χ2n) is 5.13. The van der Waals surface area contributed by atoms with E-state index in [1.807, 2.05) is 6.92 Å². The monoisotopic (exact) mass is 253 g/mol. The molecule has 1 atom stereocenters. The summed E-state index contributed by atoms with van der Waals surface area (Å²) in [5.74, 6) is -1.05. The van der Waals surface area contributed by atoms with Crippen LogP contribution in [0.15, 0.2) is 12.7 Å². The van der Waals surface area contributed by atoms with Crippen molar-refractivity contribution in [2.75, 3.05) is 0 Å². The number of nitrogens with one attached hydrogen (secondary N) is 1. The number of allylic oxidation sites excluding steroid dienone is 1. The SMILES string of the molecule is C=CCC1(C(=O)NC(CCCC)C(=O)O)CCC1. The molecule has 4 heteroatoms. The lowest BCUT2D eigenvalue weighted by Crippen LogP contribution is -2.51. The Balaban J connectivity index is 2.59. The summed E-state index contributed by atoms with van der Waals surface area (Å²) in [6.07, 6.45) is 7.34. The van der Waals surface area contributed by atoms with Crippen molar-refractivity contribution in [3.63, 3.8) is 0 Å². The van der Waals surface area contributed by atoms with Gasteiger partial charge in [0.2, 0.25) is 5.91 Å². The summed E-state index contributed by atoms with van der Waals surface area (Å²) in [5.41, 5.74) is -0.387. The van der Waals surface area contributed by atoms with E-state index in [1.54, 1.807) is 6.08 Å². The molecular formula is C14H23NO3. The lowest BCUT2D eigenvalue weighted by molar-refractivity contribution is -0.146. The molecule has 0 aliphatic heterocycles. The van der Waals surface area contributed by atoms with Crippen LogP contribution in [-0.4, -0.2) is 23.0 Å². The van der Waals surface area contributed by atoms with Gasteiger partial charge in [-0.25, -0.2) is 4.79 Å². The molecule has 1 fully saturated rings. The molecule has 0 aromatic rings. The van der Waals surface area contributed by atoms with Gasteiger partial charge in [-0.2, -0.15) is 0 Å². The molecule has 0 spiro atoms. The highest BCUT2D eigenvalue weighted by Crippen LogP contribution is 2.44. The van der Waals surface area contributed by atoms with Gasteiger partial charge in [0.05, 0.1) is 5.41 Å². The fourth-order valence-corrected chi connectivity index (χ4v) is 2.38. The predicted molar refractivity (Wildman–Crippen MR) is 70.2 cm³/mol. The molecule has 1 rings (SSSR count). The maximum Gasteiger partial charge on any atom is 0.326 e. The summed E-state index contributed by atoms with van der Waals surface area (Å²) < 4.78 is 0. The normalized spacial score (nSPS) is 18.5. The number of carboxylic acid groups (broad SMARTS) is 1. The Morgan fingerprint density at radius 2 is 2.17 bits per heavy atom. The number of rotatable bonds is 8. The van der Waals surface area contributed by atoms with Gasteiger partial charge in [0.15, 0.2) is 0 Å². The summed E-state index contributed by atoms with van der Waals surface area (Å²) in [6.45, 7) is 5.68. The van der Waals surface area contributed by atoms with Gasteiger partial charge < -0.3 is 10.4 Å². The Labute approximate surface area is 108 Å². The minimum Gasteiger partial charge on any atom is -0.480 e. The van der Waals surface area contributed by atoms with E-state index in [0.717, 1.165) is 32.1 Å². The number of amides is 1. The number of carboxylic acids is 1. The fraction of sp³-hybridized carbons (Fsp3) is 0.714. The van der Waals surface area contributed by atoms with E-state index in [9.17, 15) is 9.59 Å². The molecular weight excluding hydrogens is 230 g/mol. The molecule has 102 valence electrons. The van der Waals surface area contributed by atoms with Crippen LogP contribution < -0.4 is 5.32 Å². The Bertz CT molecular complexity index is 321. The molecule has 1 unspecified atom stereocenters. The molecule has 0 aromatic heterocycles. The summed E-state index contributed by atoms with van der Waals surface area (Å²) in [7, 11) is 0. The Hall–Kier alpha value is -1.32. The van der Waals surface area contributed by atoms with Gasteiger partial charge in [-0.3, -0.25) is 4.79 Å². The van der Waals surface area contributed by atoms with Crippen molar-refractivity contribution in [2.45, 2.75) is 57.9 Å².